The molecule has 2 rings (SSSR count). The van der Waals surface area contributed by atoms with E-state index in [4.69, 9.17) is 0 Å². The van der Waals surface area contributed by atoms with E-state index >= 15 is 0 Å². The highest BCUT2D eigenvalue weighted by atomic mass is 16.2. The third-order valence-corrected chi connectivity index (χ3v) is 1.73. The topological polar surface area (TPSA) is 49.4 Å². The van der Waals surface area contributed by atoms with Crippen molar-refractivity contribution in [3.05, 3.63) is 36.2 Å². The molecular weight excluding hydrogens is 156 g/mol. The minimum Gasteiger partial charge on any atom is -0.272 e. The monoisotopic (exact) mass is 162 g/mol. The molecule has 1 fully saturated rings. The van der Waals surface area contributed by atoms with Crippen LogP contribution in [0.2, 0.25) is 0 Å². The van der Waals surface area contributed by atoms with Crippen molar-refractivity contribution in [2.75, 3.05) is 0 Å². The van der Waals surface area contributed by atoms with Gasteiger partial charge in [0.15, 0.2) is 0 Å². The van der Waals surface area contributed by atoms with Crippen molar-refractivity contribution in [3.63, 3.8) is 0 Å². The SMILES string of the molecule is C=C1C=CC=C2C(=O)NC(=O)N12. The molecule has 0 aromatic carbocycles. The van der Waals surface area contributed by atoms with E-state index in [0.717, 1.165) is 0 Å². The second-order valence-electron chi connectivity index (χ2n) is 2.50. The lowest BCUT2D eigenvalue weighted by Crippen LogP contribution is -2.26. The van der Waals surface area contributed by atoms with Crippen LogP contribution in [0, 0.1) is 0 Å². The van der Waals surface area contributed by atoms with Gasteiger partial charge in [0.1, 0.15) is 5.70 Å². The number of hydrogen-bond donors (Lipinski definition) is 1. The van der Waals surface area contributed by atoms with Gasteiger partial charge in [-0.05, 0) is 12.2 Å². The molecule has 0 radical (unpaired) electrons. The molecule has 1 saturated heterocycles. The Morgan fingerprint density at radius 2 is 2.17 bits per heavy atom. The number of carbonyl (C=O) groups excluding carboxylic acids is 2. The fraction of sp³-hybridized carbons (Fsp3) is 0. The van der Waals surface area contributed by atoms with Gasteiger partial charge in [0.25, 0.3) is 5.91 Å². The molecule has 0 aliphatic carbocycles. The maximum atomic E-state index is 11.1. The Bertz CT molecular complexity index is 350. The lowest BCUT2D eigenvalue weighted by molar-refractivity contribution is -0.116. The zero-order valence-corrected chi connectivity index (χ0v) is 6.20. The van der Waals surface area contributed by atoms with Crippen LogP contribution >= 0.6 is 0 Å². The highest BCUT2D eigenvalue weighted by Crippen LogP contribution is 2.22. The quantitative estimate of drug-likeness (QED) is 0.527. The van der Waals surface area contributed by atoms with Gasteiger partial charge in [-0.15, -0.1) is 0 Å². The van der Waals surface area contributed by atoms with E-state index in [-0.39, 0.29) is 5.91 Å². The van der Waals surface area contributed by atoms with Crippen LogP contribution in [-0.4, -0.2) is 16.8 Å². The smallest absolute Gasteiger partial charge is 0.272 e. The highest BCUT2D eigenvalue weighted by Gasteiger charge is 2.34. The van der Waals surface area contributed by atoms with Crippen molar-refractivity contribution in [2.45, 2.75) is 0 Å². The first kappa shape index (κ1) is 6.84. The number of fused-ring (bicyclic) bond motifs is 1. The van der Waals surface area contributed by atoms with Gasteiger partial charge in [0, 0.05) is 5.70 Å². The second-order valence-corrected chi connectivity index (χ2v) is 2.50. The van der Waals surface area contributed by atoms with Crippen molar-refractivity contribution < 1.29 is 9.59 Å². The first-order chi connectivity index (χ1) is 5.70. The average Bonchev–Trinajstić information content (AvgIpc) is 2.29. The highest BCUT2D eigenvalue weighted by molar-refractivity contribution is 6.13. The van der Waals surface area contributed by atoms with E-state index in [1.165, 1.54) is 4.90 Å². The van der Waals surface area contributed by atoms with Gasteiger partial charge >= 0.3 is 6.03 Å². The van der Waals surface area contributed by atoms with Gasteiger partial charge in [-0.2, -0.15) is 0 Å². The number of imide groups is 1. The molecule has 4 nitrogen and oxygen atoms in total. The predicted molar refractivity (Wildman–Crippen MR) is 41.7 cm³/mol. The lowest BCUT2D eigenvalue weighted by atomic mass is 10.2. The number of hydrogen-bond acceptors (Lipinski definition) is 2. The van der Waals surface area contributed by atoms with Crippen LogP contribution in [0.25, 0.3) is 0 Å². The minimum absolute atomic E-state index is 0.340. The predicted octanol–water partition coefficient (Wildman–Crippen LogP) is 0.506. The van der Waals surface area contributed by atoms with Crippen molar-refractivity contribution in [1.29, 1.82) is 0 Å². The second kappa shape index (κ2) is 2.07. The molecule has 1 N–H and O–H groups in total. The summed E-state index contributed by atoms with van der Waals surface area (Å²) in [6.45, 7) is 3.63. The van der Waals surface area contributed by atoms with Crippen molar-refractivity contribution in [3.8, 4) is 0 Å². The molecule has 12 heavy (non-hydrogen) atoms. The largest absolute Gasteiger partial charge is 0.333 e. The van der Waals surface area contributed by atoms with Crippen LogP contribution < -0.4 is 5.32 Å². The van der Waals surface area contributed by atoms with Crippen molar-refractivity contribution in [1.82, 2.24) is 10.2 Å². The molecule has 4 heteroatoms. The fourth-order valence-electron chi connectivity index (χ4n) is 1.19. The molecule has 0 aromatic rings. The van der Waals surface area contributed by atoms with E-state index < -0.39 is 6.03 Å². The summed E-state index contributed by atoms with van der Waals surface area (Å²) < 4.78 is 0. The average molecular weight is 162 g/mol. The Kier molecular flexibility index (Phi) is 1.18. The molecule has 0 unspecified atom stereocenters. The molecular formula is C8H6N2O2. The third kappa shape index (κ3) is 0.717. The molecule has 2 aliphatic heterocycles. The Morgan fingerprint density at radius 1 is 1.42 bits per heavy atom. The first-order valence-electron chi connectivity index (χ1n) is 3.43. The summed E-state index contributed by atoms with van der Waals surface area (Å²) in [5, 5.41) is 2.17. The molecule has 0 aromatic heterocycles. The number of nitrogens with zero attached hydrogens (tertiary/aromatic N) is 1. The van der Waals surface area contributed by atoms with Gasteiger partial charge in [0.2, 0.25) is 0 Å². The summed E-state index contributed by atoms with van der Waals surface area (Å²) in [4.78, 5) is 23.4. The van der Waals surface area contributed by atoms with Gasteiger partial charge in [0.05, 0.1) is 0 Å². The minimum atomic E-state index is -0.430. The Labute approximate surface area is 68.8 Å². The van der Waals surface area contributed by atoms with E-state index in [2.05, 4.69) is 11.9 Å². The van der Waals surface area contributed by atoms with Crippen LogP contribution in [0.1, 0.15) is 0 Å². The fourth-order valence-corrected chi connectivity index (χ4v) is 1.19. The molecule has 60 valence electrons. The van der Waals surface area contributed by atoms with Crippen LogP contribution in [0.4, 0.5) is 4.79 Å². The summed E-state index contributed by atoms with van der Waals surface area (Å²) in [7, 11) is 0. The van der Waals surface area contributed by atoms with Crippen LogP contribution in [0.3, 0.4) is 0 Å². The van der Waals surface area contributed by atoms with Gasteiger partial charge < -0.3 is 0 Å². The molecule has 0 atom stereocenters. The summed E-state index contributed by atoms with van der Waals surface area (Å²) in [6, 6.07) is -0.430. The van der Waals surface area contributed by atoms with E-state index in [1.807, 2.05) is 0 Å². The first-order valence-corrected chi connectivity index (χ1v) is 3.43. The van der Waals surface area contributed by atoms with Gasteiger partial charge in [-0.1, -0.05) is 12.7 Å². The number of carbonyl (C=O) groups is 2. The standard InChI is InChI=1S/C8H6N2O2/c1-5-3-2-4-6-7(11)9-8(12)10(5)6/h2-4H,1H2,(H,9,11,12). The molecule has 0 saturated carbocycles. The molecule has 0 spiro atoms. The molecule has 0 bridgehead atoms. The number of amides is 3. The molecule has 3 amide bonds. The summed E-state index contributed by atoms with van der Waals surface area (Å²) in [5.74, 6) is -0.370. The van der Waals surface area contributed by atoms with Crippen LogP contribution in [0.15, 0.2) is 36.2 Å². The number of urea groups is 1. The third-order valence-electron chi connectivity index (χ3n) is 1.73. The maximum absolute atomic E-state index is 11.1. The number of nitrogens with one attached hydrogen (secondary N) is 1. The van der Waals surface area contributed by atoms with Gasteiger partial charge in [-0.25, -0.2) is 4.79 Å². The maximum Gasteiger partial charge on any atom is 0.333 e. The van der Waals surface area contributed by atoms with E-state index in [1.54, 1.807) is 18.2 Å². The van der Waals surface area contributed by atoms with Gasteiger partial charge in [-0.3, -0.25) is 15.0 Å². The Morgan fingerprint density at radius 3 is 2.83 bits per heavy atom. The zero-order chi connectivity index (χ0) is 8.72. The summed E-state index contributed by atoms with van der Waals surface area (Å²) >= 11 is 0. The molecule has 2 aliphatic rings. The Hall–Kier alpha value is -1.84. The van der Waals surface area contributed by atoms with E-state index in [9.17, 15) is 9.59 Å². The van der Waals surface area contributed by atoms with Crippen molar-refractivity contribution in [2.24, 2.45) is 0 Å². The lowest BCUT2D eigenvalue weighted by Gasteiger charge is -2.16. The Balaban J connectivity index is 2.51. The summed E-state index contributed by atoms with van der Waals surface area (Å²) in [5.41, 5.74) is 0.850. The van der Waals surface area contributed by atoms with Crippen LogP contribution in [0.5, 0.6) is 0 Å². The van der Waals surface area contributed by atoms with Crippen molar-refractivity contribution >= 4 is 11.9 Å². The summed E-state index contributed by atoms with van der Waals surface area (Å²) in [6.07, 6.45) is 4.93. The number of allylic oxidation sites excluding steroid dienone is 3. The normalized spacial score (nSPS) is 20.8. The van der Waals surface area contributed by atoms with Crippen LogP contribution in [-0.2, 0) is 4.79 Å². The number of rotatable bonds is 0. The van der Waals surface area contributed by atoms with E-state index in [0.29, 0.717) is 11.4 Å². The zero-order valence-electron chi connectivity index (χ0n) is 6.20. The molecule has 2 heterocycles.